The van der Waals surface area contributed by atoms with E-state index in [2.05, 4.69) is 41.5 Å². The Morgan fingerprint density at radius 2 is 1.84 bits per heavy atom. The van der Waals surface area contributed by atoms with Gasteiger partial charge in [0.25, 0.3) is 5.91 Å². The minimum atomic E-state index is -0.378. The molecule has 0 atom stereocenters. The number of aliphatic hydroxyl groups is 1. The highest BCUT2D eigenvalue weighted by atomic mass is 79.9. The molecule has 0 spiro atoms. The summed E-state index contributed by atoms with van der Waals surface area (Å²) in [5.41, 5.74) is 1.86. The lowest BCUT2D eigenvalue weighted by Crippen LogP contribution is -2.27. The molecule has 4 aromatic rings. The third-order valence-corrected chi connectivity index (χ3v) is 4.78. The van der Waals surface area contributed by atoms with Crippen molar-refractivity contribution in [3.63, 3.8) is 0 Å². The Hall–Kier alpha value is -3.56. The number of carbonyl (C=O) groups excluding carboxylic acids is 1. The summed E-state index contributed by atoms with van der Waals surface area (Å²) in [6.07, 6.45) is 3.21. The molecule has 31 heavy (non-hydrogen) atoms. The zero-order valence-corrected chi connectivity index (χ0v) is 17.8. The number of fused-ring (bicyclic) bond motifs is 1. The molecule has 3 N–H and O–H groups in total. The number of aliphatic hydroxyl groups excluding tert-OH is 1. The van der Waals surface area contributed by atoms with Gasteiger partial charge in [0.15, 0.2) is 0 Å². The van der Waals surface area contributed by atoms with E-state index in [0.717, 1.165) is 21.1 Å². The van der Waals surface area contributed by atoms with Crippen LogP contribution in [0.15, 0.2) is 71.5 Å². The van der Waals surface area contributed by atoms with Gasteiger partial charge in [0.1, 0.15) is 17.2 Å². The van der Waals surface area contributed by atoms with Crippen LogP contribution in [-0.4, -0.2) is 39.1 Å². The summed E-state index contributed by atoms with van der Waals surface area (Å²) in [5, 5.41) is 15.4. The fourth-order valence-electron chi connectivity index (χ4n) is 2.79. The number of ether oxygens (including phenoxy) is 1. The number of hydrogen-bond donors (Lipinski definition) is 3. The normalized spacial score (nSPS) is 10.6. The number of benzene rings is 2. The molecule has 0 saturated heterocycles. The van der Waals surface area contributed by atoms with Gasteiger partial charge in [-0.25, -0.2) is 9.97 Å². The Morgan fingerprint density at radius 1 is 1.03 bits per heavy atom. The van der Waals surface area contributed by atoms with Gasteiger partial charge >= 0.3 is 0 Å². The van der Waals surface area contributed by atoms with Crippen molar-refractivity contribution in [2.45, 2.75) is 0 Å². The molecule has 0 aliphatic heterocycles. The van der Waals surface area contributed by atoms with Crippen LogP contribution in [0, 0.1) is 0 Å². The van der Waals surface area contributed by atoms with E-state index in [9.17, 15) is 4.79 Å². The zero-order chi connectivity index (χ0) is 21.6. The van der Waals surface area contributed by atoms with E-state index in [1.165, 1.54) is 6.20 Å². The number of aromatic nitrogens is 3. The van der Waals surface area contributed by atoms with Crippen molar-refractivity contribution in [2.75, 3.05) is 18.5 Å². The van der Waals surface area contributed by atoms with Crippen LogP contribution in [0.5, 0.6) is 11.5 Å². The second-order valence-electron chi connectivity index (χ2n) is 6.50. The fraction of sp³-hybridized carbons (Fsp3) is 0.0909. The molecule has 8 nitrogen and oxygen atoms in total. The standard InChI is InChI=1S/C22H18BrN5O3/c23-15-1-3-16(4-2-15)27-22-26-13-14-11-17(5-6-19(14)28-22)31-18-7-8-24-20(12-18)21(30)25-9-10-29/h1-8,11-13,29H,9-10H2,(H,25,30)(H,26,27,28). The van der Waals surface area contributed by atoms with Crippen molar-refractivity contribution >= 4 is 44.4 Å². The minimum Gasteiger partial charge on any atom is -0.457 e. The van der Waals surface area contributed by atoms with Gasteiger partial charge in [0, 0.05) is 40.6 Å². The molecule has 0 aliphatic rings. The molecular weight excluding hydrogens is 462 g/mol. The van der Waals surface area contributed by atoms with E-state index in [1.54, 1.807) is 24.4 Å². The highest BCUT2D eigenvalue weighted by Gasteiger charge is 2.09. The molecule has 156 valence electrons. The van der Waals surface area contributed by atoms with Gasteiger partial charge in [-0.1, -0.05) is 15.9 Å². The summed E-state index contributed by atoms with van der Waals surface area (Å²) in [6, 6.07) is 16.4. The second kappa shape index (κ2) is 9.50. The Bertz CT molecular complexity index is 1220. The molecule has 4 rings (SSSR count). The summed E-state index contributed by atoms with van der Waals surface area (Å²) in [5.74, 6) is 1.17. The van der Waals surface area contributed by atoms with Crippen LogP contribution in [0.4, 0.5) is 11.6 Å². The van der Waals surface area contributed by atoms with Gasteiger partial charge in [0.2, 0.25) is 5.95 Å². The molecule has 0 unspecified atom stereocenters. The summed E-state index contributed by atoms with van der Waals surface area (Å²) >= 11 is 3.41. The van der Waals surface area contributed by atoms with Gasteiger partial charge in [-0.15, -0.1) is 0 Å². The summed E-state index contributed by atoms with van der Waals surface area (Å²) in [6.45, 7) is 0.0242. The number of pyridine rings is 1. The molecule has 0 fully saturated rings. The highest BCUT2D eigenvalue weighted by molar-refractivity contribution is 9.10. The average Bonchev–Trinajstić information content (AvgIpc) is 2.79. The monoisotopic (exact) mass is 479 g/mol. The number of nitrogens with zero attached hydrogens (tertiary/aromatic N) is 3. The predicted molar refractivity (Wildman–Crippen MR) is 121 cm³/mol. The molecule has 9 heteroatoms. The number of nitrogens with one attached hydrogen (secondary N) is 2. The smallest absolute Gasteiger partial charge is 0.270 e. The summed E-state index contributed by atoms with van der Waals surface area (Å²) < 4.78 is 6.87. The average molecular weight is 480 g/mol. The molecular formula is C22H18BrN5O3. The molecule has 2 aromatic carbocycles. The lowest BCUT2D eigenvalue weighted by atomic mass is 10.2. The van der Waals surface area contributed by atoms with E-state index in [4.69, 9.17) is 9.84 Å². The maximum Gasteiger partial charge on any atom is 0.270 e. The molecule has 0 bridgehead atoms. The Morgan fingerprint density at radius 3 is 2.65 bits per heavy atom. The second-order valence-corrected chi connectivity index (χ2v) is 7.42. The van der Waals surface area contributed by atoms with E-state index in [0.29, 0.717) is 17.4 Å². The van der Waals surface area contributed by atoms with E-state index >= 15 is 0 Å². The first-order valence-corrected chi connectivity index (χ1v) is 10.2. The van der Waals surface area contributed by atoms with Crippen LogP contribution < -0.4 is 15.4 Å². The van der Waals surface area contributed by atoms with Gasteiger partial charge in [-0.05, 0) is 48.5 Å². The van der Waals surface area contributed by atoms with Crippen molar-refractivity contribution < 1.29 is 14.6 Å². The number of anilines is 2. The van der Waals surface area contributed by atoms with Crippen molar-refractivity contribution in [1.29, 1.82) is 0 Å². The quantitative estimate of drug-likeness (QED) is 0.366. The molecule has 2 heterocycles. The maximum atomic E-state index is 12.0. The van der Waals surface area contributed by atoms with Crippen LogP contribution >= 0.6 is 15.9 Å². The number of amides is 1. The summed E-state index contributed by atoms with van der Waals surface area (Å²) in [7, 11) is 0. The van der Waals surface area contributed by atoms with Gasteiger partial charge in [0.05, 0.1) is 12.1 Å². The number of rotatable bonds is 7. The largest absolute Gasteiger partial charge is 0.457 e. The number of halogens is 1. The van der Waals surface area contributed by atoms with Crippen molar-refractivity contribution in [1.82, 2.24) is 20.3 Å². The molecule has 0 radical (unpaired) electrons. The lowest BCUT2D eigenvalue weighted by molar-refractivity contribution is 0.0939. The van der Waals surface area contributed by atoms with Gasteiger partial charge < -0.3 is 20.5 Å². The Labute approximate surface area is 186 Å². The van der Waals surface area contributed by atoms with Crippen molar-refractivity contribution in [3.8, 4) is 11.5 Å². The lowest BCUT2D eigenvalue weighted by Gasteiger charge is -2.09. The topological polar surface area (TPSA) is 109 Å². The first kappa shape index (κ1) is 20.7. The van der Waals surface area contributed by atoms with E-state index in [1.807, 2.05) is 36.4 Å². The van der Waals surface area contributed by atoms with Crippen LogP contribution in [0.1, 0.15) is 10.5 Å². The molecule has 0 aliphatic carbocycles. The molecule has 2 aromatic heterocycles. The van der Waals surface area contributed by atoms with Crippen LogP contribution in [-0.2, 0) is 0 Å². The zero-order valence-electron chi connectivity index (χ0n) is 16.2. The van der Waals surface area contributed by atoms with Crippen LogP contribution in [0.2, 0.25) is 0 Å². The SMILES string of the molecule is O=C(NCCO)c1cc(Oc2ccc3nc(Nc4ccc(Br)cc4)ncc3c2)ccn1. The minimum absolute atomic E-state index is 0.137. The first-order valence-electron chi connectivity index (χ1n) is 9.43. The first-order chi connectivity index (χ1) is 15.1. The summed E-state index contributed by atoms with van der Waals surface area (Å²) in [4.78, 5) is 24.9. The number of hydrogen-bond acceptors (Lipinski definition) is 7. The van der Waals surface area contributed by atoms with Crippen molar-refractivity contribution in [2.24, 2.45) is 0 Å². The number of carbonyl (C=O) groups is 1. The maximum absolute atomic E-state index is 12.0. The predicted octanol–water partition coefficient (Wildman–Crippen LogP) is 4.05. The van der Waals surface area contributed by atoms with Gasteiger partial charge in [-0.3, -0.25) is 9.78 Å². The Kier molecular flexibility index (Phi) is 6.34. The third kappa shape index (κ3) is 5.33. The highest BCUT2D eigenvalue weighted by Crippen LogP contribution is 2.26. The third-order valence-electron chi connectivity index (χ3n) is 4.25. The fourth-order valence-corrected chi connectivity index (χ4v) is 3.06. The van der Waals surface area contributed by atoms with Gasteiger partial charge in [-0.2, -0.15) is 0 Å². The Balaban J connectivity index is 1.49. The van der Waals surface area contributed by atoms with Crippen LogP contribution in [0.3, 0.4) is 0 Å². The van der Waals surface area contributed by atoms with Crippen LogP contribution in [0.25, 0.3) is 10.9 Å². The molecule has 0 saturated carbocycles. The van der Waals surface area contributed by atoms with Crippen molar-refractivity contribution in [3.05, 3.63) is 77.2 Å². The molecule has 1 amide bonds. The van der Waals surface area contributed by atoms with E-state index in [-0.39, 0.29) is 24.8 Å². The van der Waals surface area contributed by atoms with E-state index < -0.39 is 0 Å².